The number of rotatable bonds is 4. The average Bonchev–Trinajstić information content (AvgIpc) is 3.38. The van der Waals surface area contributed by atoms with Gasteiger partial charge in [-0.15, -0.1) is 0 Å². The van der Waals surface area contributed by atoms with E-state index in [1.165, 1.54) is 10.9 Å². The number of urea groups is 1. The first-order valence-corrected chi connectivity index (χ1v) is 11.2. The molecule has 6 heteroatoms. The van der Waals surface area contributed by atoms with Gasteiger partial charge in [0.05, 0.1) is 6.04 Å². The summed E-state index contributed by atoms with van der Waals surface area (Å²) in [5.41, 5.74) is 5.22. The van der Waals surface area contributed by atoms with Crippen LogP contribution in [0.3, 0.4) is 0 Å². The number of hydrogen-bond acceptors (Lipinski definition) is 3. The topological polar surface area (TPSA) is 66.6 Å². The maximum atomic E-state index is 13.5. The molecule has 1 aliphatic carbocycles. The molecule has 0 spiro atoms. The molecule has 0 radical (unpaired) electrons. The lowest BCUT2D eigenvalue weighted by Gasteiger charge is -2.37. The average molecular weight is 442 g/mol. The number of fused-ring (bicyclic) bond motifs is 4. The molecule has 0 saturated carbocycles. The molecule has 168 valence electrons. The number of H-pyrrole nitrogens is 1. The van der Waals surface area contributed by atoms with Crippen LogP contribution < -0.4 is 5.32 Å². The standard InChI is InChI=1S/C27H27N3O3/c1-3-7-19(8-4-2)28-27(31)30-16-15-21-20-9-5-6-10-22(20)29-25(21)26(30)18-11-13-23-24(14-12-18)33-17-32-23/h3-11,13-14,26,29H,1,12,15-17H2,2H3,(H,28,31)/b8-4-,19-7+. The number of amides is 2. The molecule has 33 heavy (non-hydrogen) atoms. The van der Waals surface area contributed by atoms with Crippen molar-refractivity contribution < 1.29 is 14.3 Å². The molecule has 1 saturated heterocycles. The van der Waals surface area contributed by atoms with Gasteiger partial charge in [-0.1, -0.05) is 43.0 Å². The Morgan fingerprint density at radius 1 is 1.24 bits per heavy atom. The molecule has 5 rings (SSSR count). The second kappa shape index (κ2) is 8.90. The zero-order chi connectivity index (χ0) is 22.8. The van der Waals surface area contributed by atoms with E-state index in [-0.39, 0.29) is 18.9 Å². The molecule has 2 aliphatic heterocycles. The fourth-order valence-corrected chi connectivity index (χ4v) is 4.74. The van der Waals surface area contributed by atoms with E-state index in [2.05, 4.69) is 41.2 Å². The second-order valence-electron chi connectivity index (χ2n) is 8.15. The Bertz CT molecular complexity index is 1260. The quantitative estimate of drug-likeness (QED) is 0.614. The van der Waals surface area contributed by atoms with Crippen molar-refractivity contribution in [1.29, 1.82) is 0 Å². The molecule has 2 aromatic rings. The number of nitrogens with one attached hydrogen (secondary N) is 2. The predicted octanol–water partition coefficient (Wildman–Crippen LogP) is 5.52. The van der Waals surface area contributed by atoms with Gasteiger partial charge in [-0.05, 0) is 61.3 Å². The van der Waals surface area contributed by atoms with Crippen molar-refractivity contribution >= 4 is 16.9 Å². The molecule has 1 fully saturated rings. The van der Waals surface area contributed by atoms with Gasteiger partial charge in [0, 0.05) is 28.8 Å². The maximum Gasteiger partial charge on any atom is 0.322 e. The fourth-order valence-electron chi connectivity index (χ4n) is 4.74. The van der Waals surface area contributed by atoms with Gasteiger partial charge in [0.15, 0.2) is 11.5 Å². The smallest absolute Gasteiger partial charge is 0.322 e. The van der Waals surface area contributed by atoms with Gasteiger partial charge in [-0.3, -0.25) is 0 Å². The summed E-state index contributed by atoms with van der Waals surface area (Å²) < 4.78 is 11.2. The Morgan fingerprint density at radius 2 is 2.09 bits per heavy atom. The highest BCUT2D eigenvalue weighted by atomic mass is 16.7. The molecule has 2 N–H and O–H groups in total. The third kappa shape index (κ3) is 3.89. The highest BCUT2D eigenvalue weighted by molar-refractivity contribution is 5.86. The Balaban J connectivity index is 1.57. The number of carbonyl (C=O) groups is 1. The number of aromatic nitrogens is 1. The highest BCUT2D eigenvalue weighted by Gasteiger charge is 2.36. The highest BCUT2D eigenvalue weighted by Crippen LogP contribution is 2.41. The maximum absolute atomic E-state index is 13.5. The monoisotopic (exact) mass is 441 g/mol. The lowest BCUT2D eigenvalue weighted by molar-refractivity contribution is 0.0974. The van der Waals surface area contributed by atoms with E-state index in [9.17, 15) is 4.79 Å². The van der Waals surface area contributed by atoms with Crippen LogP contribution in [-0.4, -0.2) is 29.3 Å². The zero-order valence-electron chi connectivity index (χ0n) is 18.6. The molecule has 1 atom stereocenters. The molecule has 3 aliphatic rings. The van der Waals surface area contributed by atoms with Crippen LogP contribution in [0, 0.1) is 0 Å². The lowest BCUT2D eigenvalue weighted by Crippen LogP contribution is -2.45. The van der Waals surface area contributed by atoms with Crippen LogP contribution in [-0.2, 0) is 15.9 Å². The van der Waals surface area contributed by atoms with E-state index >= 15 is 0 Å². The van der Waals surface area contributed by atoms with Crippen LogP contribution in [0.5, 0.6) is 0 Å². The van der Waals surface area contributed by atoms with Crippen molar-refractivity contribution in [1.82, 2.24) is 15.2 Å². The molecule has 6 nitrogen and oxygen atoms in total. The summed E-state index contributed by atoms with van der Waals surface area (Å²) in [6.07, 6.45) is 14.7. The van der Waals surface area contributed by atoms with Gasteiger partial charge in [-0.2, -0.15) is 0 Å². The van der Waals surface area contributed by atoms with Gasteiger partial charge in [0.25, 0.3) is 0 Å². The van der Waals surface area contributed by atoms with Crippen molar-refractivity contribution in [2.24, 2.45) is 0 Å². The summed E-state index contributed by atoms with van der Waals surface area (Å²) in [5, 5.41) is 4.26. The molecular weight excluding hydrogens is 414 g/mol. The van der Waals surface area contributed by atoms with E-state index < -0.39 is 0 Å². The minimum atomic E-state index is -0.232. The normalized spacial score (nSPS) is 20.2. The minimum absolute atomic E-state index is 0.145. The number of ether oxygens (including phenoxy) is 2. The van der Waals surface area contributed by atoms with Gasteiger partial charge in [0.1, 0.15) is 0 Å². The first-order valence-electron chi connectivity index (χ1n) is 11.2. The third-order valence-corrected chi connectivity index (χ3v) is 6.19. The van der Waals surface area contributed by atoms with Gasteiger partial charge >= 0.3 is 6.03 Å². The largest absolute Gasteiger partial charge is 0.454 e. The van der Waals surface area contributed by atoms with Gasteiger partial charge < -0.3 is 24.7 Å². The van der Waals surface area contributed by atoms with Crippen LogP contribution in [0.4, 0.5) is 4.79 Å². The number of hydrogen-bond donors (Lipinski definition) is 2. The van der Waals surface area contributed by atoms with Gasteiger partial charge in [-0.25, -0.2) is 4.79 Å². The SMILES string of the molecule is C=C/C=C(\C=C/C)NC(=O)N1CCc2c([nH]c3ccccc23)C1C1=CC=C2OCOC2=CC1. The Labute approximate surface area is 193 Å². The number of carbonyl (C=O) groups excluding carboxylic acids is 1. The van der Waals surface area contributed by atoms with Gasteiger partial charge in [0.2, 0.25) is 6.79 Å². The van der Waals surface area contributed by atoms with E-state index in [4.69, 9.17) is 9.47 Å². The first-order chi connectivity index (χ1) is 16.2. The van der Waals surface area contributed by atoms with E-state index in [0.717, 1.165) is 34.7 Å². The van der Waals surface area contributed by atoms with Crippen molar-refractivity contribution in [3.05, 3.63) is 107 Å². The predicted molar refractivity (Wildman–Crippen MR) is 129 cm³/mol. The summed E-state index contributed by atoms with van der Waals surface area (Å²) in [5.74, 6) is 1.49. The Morgan fingerprint density at radius 3 is 2.94 bits per heavy atom. The third-order valence-electron chi connectivity index (χ3n) is 6.19. The number of allylic oxidation sites excluding steroid dienone is 7. The molecular formula is C27H27N3O3. The van der Waals surface area contributed by atoms with Crippen molar-refractivity contribution in [2.75, 3.05) is 13.3 Å². The summed E-state index contributed by atoms with van der Waals surface area (Å²) in [6.45, 7) is 6.53. The van der Waals surface area contributed by atoms with Crippen LogP contribution in [0.1, 0.15) is 30.6 Å². The summed E-state index contributed by atoms with van der Waals surface area (Å²) in [6, 6.07) is 7.94. The summed E-state index contributed by atoms with van der Waals surface area (Å²) >= 11 is 0. The Hall–Kier alpha value is -3.93. The molecule has 3 heterocycles. The zero-order valence-corrected chi connectivity index (χ0v) is 18.6. The number of aromatic amines is 1. The van der Waals surface area contributed by atoms with Crippen LogP contribution in [0.15, 0.2) is 96.2 Å². The van der Waals surface area contributed by atoms with Crippen LogP contribution >= 0.6 is 0 Å². The minimum Gasteiger partial charge on any atom is -0.454 e. The molecule has 1 aromatic carbocycles. The van der Waals surface area contributed by atoms with Crippen molar-refractivity contribution in [3.8, 4) is 0 Å². The van der Waals surface area contributed by atoms with E-state index in [1.807, 2.05) is 42.2 Å². The first kappa shape index (κ1) is 20.9. The van der Waals surface area contributed by atoms with E-state index in [1.54, 1.807) is 12.2 Å². The Kier molecular flexibility index (Phi) is 5.65. The summed E-state index contributed by atoms with van der Waals surface area (Å²) in [4.78, 5) is 19.0. The molecule has 1 unspecified atom stereocenters. The molecule has 2 amide bonds. The molecule has 0 bridgehead atoms. The van der Waals surface area contributed by atoms with Crippen LogP contribution in [0.2, 0.25) is 0 Å². The van der Waals surface area contributed by atoms with E-state index in [0.29, 0.717) is 18.7 Å². The van der Waals surface area contributed by atoms with Crippen molar-refractivity contribution in [2.45, 2.75) is 25.8 Å². The number of nitrogens with zero attached hydrogens (tertiary/aromatic N) is 1. The van der Waals surface area contributed by atoms with Crippen molar-refractivity contribution in [3.63, 3.8) is 0 Å². The van der Waals surface area contributed by atoms with Crippen LogP contribution in [0.25, 0.3) is 10.9 Å². The molecule has 1 aromatic heterocycles. The second-order valence-corrected chi connectivity index (χ2v) is 8.15. The summed E-state index contributed by atoms with van der Waals surface area (Å²) in [7, 11) is 0. The lowest BCUT2D eigenvalue weighted by atomic mass is 9.90. The number of para-hydroxylation sites is 1. The fraction of sp³-hybridized carbons (Fsp3) is 0.222. The number of benzene rings is 1.